The summed E-state index contributed by atoms with van der Waals surface area (Å²) in [4.78, 5) is 13.6. The van der Waals surface area contributed by atoms with Gasteiger partial charge >= 0.3 is 6.09 Å². The van der Waals surface area contributed by atoms with E-state index in [1.54, 1.807) is 7.11 Å². The van der Waals surface area contributed by atoms with E-state index in [2.05, 4.69) is 39.8 Å². The molecule has 0 saturated carbocycles. The molecule has 0 radical (unpaired) electrons. The van der Waals surface area contributed by atoms with E-state index < -0.39 is 5.60 Å². The number of nitrogens with zero attached hydrogens (tertiary/aromatic N) is 1. The van der Waals surface area contributed by atoms with Crippen molar-refractivity contribution in [1.82, 2.24) is 10.2 Å². The highest BCUT2D eigenvalue weighted by Crippen LogP contribution is 2.45. The zero-order valence-corrected chi connectivity index (χ0v) is 22.8. The Hall–Kier alpha value is -3.13. The number of alkyl carbamates (subject to hydrolysis) is 1. The fourth-order valence-corrected chi connectivity index (χ4v) is 6.41. The number of methoxy groups -OCH3 is 1. The van der Waals surface area contributed by atoms with Crippen LogP contribution in [0.25, 0.3) is 11.1 Å². The van der Waals surface area contributed by atoms with Gasteiger partial charge < -0.3 is 24.8 Å². The molecule has 1 spiro atoms. The Morgan fingerprint density at radius 1 is 1.13 bits per heavy atom. The number of benzene rings is 3. The average Bonchev–Trinajstić information content (AvgIpc) is 3.49. The van der Waals surface area contributed by atoms with Crippen LogP contribution in [-0.2, 0) is 17.7 Å². The first-order valence-corrected chi connectivity index (χ1v) is 13.5. The number of rotatable bonds is 7. The summed E-state index contributed by atoms with van der Waals surface area (Å²) in [5.74, 6) is 1.31. The minimum absolute atomic E-state index is 0.121. The van der Waals surface area contributed by atoms with Gasteiger partial charge in [-0.15, -0.1) is 0 Å². The van der Waals surface area contributed by atoms with Gasteiger partial charge in [-0.05, 0) is 41.7 Å². The molecular formula is C29H29Cl2N3O4. The molecule has 1 atom stereocenters. The van der Waals surface area contributed by atoms with Crippen LogP contribution in [0.15, 0.2) is 48.5 Å². The van der Waals surface area contributed by atoms with Crippen LogP contribution in [0.3, 0.4) is 0 Å². The van der Waals surface area contributed by atoms with E-state index in [0.29, 0.717) is 42.0 Å². The molecule has 1 unspecified atom stereocenters. The van der Waals surface area contributed by atoms with E-state index in [0.717, 1.165) is 46.5 Å². The van der Waals surface area contributed by atoms with Crippen molar-refractivity contribution < 1.29 is 19.0 Å². The number of ether oxygens (including phenoxy) is 3. The van der Waals surface area contributed by atoms with E-state index in [-0.39, 0.29) is 12.2 Å². The second-order valence-corrected chi connectivity index (χ2v) is 10.9. The summed E-state index contributed by atoms with van der Waals surface area (Å²) in [6, 6.07) is 16.1. The maximum atomic E-state index is 11.4. The Kier molecular flexibility index (Phi) is 6.54. The lowest BCUT2D eigenvalue weighted by Gasteiger charge is -2.45. The summed E-state index contributed by atoms with van der Waals surface area (Å²) in [6.07, 6.45) is 1.27. The molecular weight excluding hydrogens is 525 g/mol. The number of anilines is 1. The van der Waals surface area contributed by atoms with Gasteiger partial charge in [0.1, 0.15) is 17.6 Å². The fourth-order valence-electron chi connectivity index (χ4n) is 5.86. The van der Waals surface area contributed by atoms with Crippen LogP contribution < -0.4 is 20.1 Å². The molecule has 2 fully saturated rings. The number of halogens is 2. The second kappa shape index (κ2) is 9.88. The number of hydrogen-bond donors (Lipinski definition) is 2. The Bertz CT molecular complexity index is 1410. The minimum Gasteiger partial charge on any atom is -0.496 e. The molecule has 0 aromatic heterocycles. The molecule has 2 saturated heterocycles. The molecule has 38 heavy (non-hydrogen) atoms. The normalized spacial score (nSPS) is 19.5. The zero-order chi connectivity index (χ0) is 26.4. The predicted molar refractivity (Wildman–Crippen MR) is 149 cm³/mol. The molecule has 3 aliphatic rings. The first-order chi connectivity index (χ1) is 18.4. The van der Waals surface area contributed by atoms with Gasteiger partial charge in [-0.25, -0.2) is 4.79 Å². The van der Waals surface area contributed by atoms with Gasteiger partial charge in [0.2, 0.25) is 0 Å². The smallest absolute Gasteiger partial charge is 0.407 e. The molecule has 198 valence electrons. The van der Waals surface area contributed by atoms with Gasteiger partial charge in [0.25, 0.3) is 0 Å². The van der Waals surface area contributed by atoms with Crippen molar-refractivity contribution in [2.24, 2.45) is 0 Å². The van der Waals surface area contributed by atoms with Gasteiger partial charge in [0.05, 0.1) is 29.4 Å². The zero-order valence-electron chi connectivity index (χ0n) is 21.3. The van der Waals surface area contributed by atoms with Crippen molar-refractivity contribution in [3.8, 4) is 22.6 Å². The van der Waals surface area contributed by atoms with Crippen LogP contribution in [0.5, 0.6) is 11.5 Å². The molecule has 3 aromatic carbocycles. The Labute approximate surface area is 232 Å². The molecule has 1 amide bonds. The van der Waals surface area contributed by atoms with E-state index >= 15 is 0 Å². The lowest BCUT2D eigenvalue weighted by Crippen LogP contribution is -2.63. The SMILES string of the molecule is CNc1cccc(-c2cccc3c2CCC3Oc2cc(OC)c(CN3CC4(CNC(=O)O4)C3)cc2Cl)c1Cl. The summed E-state index contributed by atoms with van der Waals surface area (Å²) >= 11 is 13.4. The van der Waals surface area contributed by atoms with E-state index in [1.807, 2.05) is 31.3 Å². The third-order valence-corrected chi connectivity index (χ3v) is 8.36. The van der Waals surface area contributed by atoms with Crippen molar-refractivity contribution in [1.29, 1.82) is 0 Å². The molecule has 9 heteroatoms. The molecule has 2 aliphatic heterocycles. The van der Waals surface area contributed by atoms with Crippen molar-refractivity contribution in [2.45, 2.75) is 31.1 Å². The van der Waals surface area contributed by atoms with Crippen LogP contribution >= 0.6 is 23.2 Å². The third kappa shape index (κ3) is 4.42. The highest BCUT2D eigenvalue weighted by molar-refractivity contribution is 6.36. The lowest BCUT2D eigenvalue weighted by atomic mass is 9.94. The van der Waals surface area contributed by atoms with Crippen LogP contribution in [0.1, 0.15) is 29.2 Å². The van der Waals surface area contributed by atoms with Crippen molar-refractivity contribution >= 4 is 35.0 Å². The average molecular weight is 554 g/mol. The van der Waals surface area contributed by atoms with Crippen LogP contribution in [0, 0.1) is 0 Å². The second-order valence-electron chi connectivity index (χ2n) is 10.1. The number of carbonyl (C=O) groups excluding carboxylic acids is 1. The Morgan fingerprint density at radius 3 is 2.66 bits per heavy atom. The quantitative estimate of drug-likeness (QED) is 0.370. The van der Waals surface area contributed by atoms with Gasteiger partial charge in [-0.1, -0.05) is 53.5 Å². The monoisotopic (exact) mass is 553 g/mol. The molecule has 7 nitrogen and oxygen atoms in total. The first kappa shape index (κ1) is 25.2. The minimum atomic E-state index is -0.412. The third-order valence-electron chi connectivity index (χ3n) is 7.66. The number of nitrogens with one attached hydrogen (secondary N) is 2. The number of likely N-dealkylation sites (tertiary alicyclic amines) is 1. The summed E-state index contributed by atoms with van der Waals surface area (Å²) in [7, 11) is 3.52. The molecule has 3 aromatic rings. The van der Waals surface area contributed by atoms with Crippen LogP contribution in [0.4, 0.5) is 10.5 Å². The predicted octanol–water partition coefficient (Wildman–Crippen LogP) is 6.07. The highest BCUT2D eigenvalue weighted by Gasteiger charge is 2.50. The highest BCUT2D eigenvalue weighted by atomic mass is 35.5. The van der Waals surface area contributed by atoms with E-state index in [9.17, 15) is 4.79 Å². The number of hydrogen-bond acceptors (Lipinski definition) is 6. The largest absolute Gasteiger partial charge is 0.496 e. The van der Waals surface area contributed by atoms with Crippen molar-refractivity contribution in [3.05, 3.63) is 75.3 Å². The summed E-state index contributed by atoms with van der Waals surface area (Å²) in [6.45, 7) is 2.54. The van der Waals surface area contributed by atoms with E-state index in [1.165, 1.54) is 5.56 Å². The molecule has 0 bridgehead atoms. The lowest BCUT2D eigenvalue weighted by molar-refractivity contribution is -0.0767. The maximum absolute atomic E-state index is 11.4. The number of fused-ring (bicyclic) bond motifs is 1. The van der Waals surface area contributed by atoms with Gasteiger partial charge in [0, 0.05) is 43.9 Å². The van der Waals surface area contributed by atoms with Crippen LogP contribution in [-0.4, -0.2) is 50.4 Å². The summed E-state index contributed by atoms with van der Waals surface area (Å²) < 4.78 is 17.6. The fraction of sp³-hybridized carbons (Fsp3) is 0.345. The summed E-state index contributed by atoms with van der Waals surface area (Å²) in [5.41, 5.74) is 6.00. The Balaban J connectivity index is 1.21. The standard InChI is InChI=1S/C29H29Cl2N3O4/c1-32-23-8-4-7-21(27(23)31)18-5-3-6-20-19(18)9-10-24(20)37-26-12-25(36-2)17(11-22(26)30)13-34-15-29(16-34)14-33-28(35)38-29/h3-8,11-12,24,32H,9-10,13-16H2,1-2H3,(H,33,35). The van der Waals surface area contributed by atoms with E-state index in [4.69, 9.17) is 37.4 Å². The van der Waals surface area contributed by atoms with Gasteiger partial charge in [-0.3, -0.25) is 4.90 Å². The van der Waals surface area contributed by atoms with Crippen LogP contribution in [0.2, 0.25) is 10.0 Å². The molecule has 2 N–H and O–H groups in total. The topological polar surface area (TPSA) is 72.1 Å². The maximum Gasteiger partial charge on any atom is 0.407 e. The van der Waals surface area contributed by atoms with Crippen molar-refractivity contribution in [2.75, 3.05) is 39.1 Å². The van der Waals surface area contributed by atoms with Gasteiger partial charge in [0.15, 0.2) is 5.60 Å². The summed E-state index contributed by atoms with van der Waals surface area (Å²) in [5, 5.41) is 7.15. The number of amides is 1. The number of carbonyl (C=O) groups is 1. The molecule has 6 rings (SSSR count). The first-order valence-electron chi connectivity index (χ1n) is 12.7. The molecule has 2 heterocycles. The Morgan fingerprint density at radius 2 is 1.92 bits per heavy atom. The van der Waals surface area contributed by atoms with Gasteiger partial charge in [-0.2, -0.15) is 0 Å². The molecule has 1 aliphatic carbocycles. The van der Waals surface area contributed by atoms with Crippen molar-refractivity contribution in [3.63, 3.8) is 0 Å².